The molecule has 5 nitrogen and oxygen atoms in total. The summed E-state index contributed by atoms with van der Waals surface area (Å²) in [4.78, 5) is 14.0. The van der Waals surface area contributed by atoms with E-state index in [4.69, 9.17) is 23.2 Å². The minimum absolute atomic E-state index is 0.0801. The molecule has 0 atom stereocenters. The molecule has 3 aromatic rings. The summed E-state index contributed by atoms with van der Waals surface area (Å²) < 4.78 is 27.9. The van der Waals surface area contributed by atoms with Gasteiger partial charge in [0.05, 0.1) is 10.6 Å². The number of nitrogens with one attached hydrogen (secondary N) is 1. The van der Waals surface area contributed by atoms with Crippen LogP contribution in [0.1, 0.15) is 17.5 Å². The van der Waals surface area contributed by atoms with Gasteiger partial charge in [-0.2, -0.15) is 0 Å². The van der Waals surface area contributed by atoms with Crippen molar-refractivity contribution in [1.82, 2.24) is 5.32 Å². The van der Waals surface area contributed by atoms with Gasteiger partial charge in [0.1, 0.15) is 6.54 Å². The fourth-order valence-corrected chi connectivity index (χ4v) is 5.92. The number of rotatable bonds is 10. The molecular weight excluding hydrogens is 511 g/mol. The molecule has 0 aliphatic carbocycles. The number of hydrogen-bond donors (Lipinski definition) is 1. The Kier molecular flexibility index (Phi) is 9.31. The van der Waals surface area contributed by atoms with Gasteiger partial charge in [0, 0.05) is 21.5 Å². The largest absolute Gasteiger partial charge is 0.354 e. The smallest absolute Gasteiger partial charge is 0.264 e. The first kappa shape index (κ1) is 26.4. The predicted octanol–water partition coefficient (Wildman–Crippen LogP) is 6.10. The van der Waals surface area contributed by atoms with E-state index in [0.717, 1.165) is 22.0 Å². The lowest BCUT2D eigenvalue weighted by Crippen LogP contribution is -2.41. The third-order valence-electron chi connectivity index (χ3n) is 4.96. The monoisotopic (exact) mass is 536 g/mol. The summed E-state index contributed by atoms with van der Waals surface area (Å²) in [5.41, 5.74) is 2.36. The van der Waals surface area contributed by atoms with Crippen LogP contribution < -0.4 is 9.62 Å². The van der Waals surface area contributed by atoms with Gasteiger partial charge in [0.15, 0.2) is 0 Å². The van der Waals surface area contributed by atoms with Crippen molar-refractivity contribution in [2.45, 2.75) is 30.1 Å². The molecule has 0 unspecified atom stereocenters. The molecule has 0 heterocycles. The Morgan fingerprint density at radius 2 is 1.47 bits per heavy atom. The van der Waals surface area contributed by atoms with Crippen molar-refractivity contribution >= 4 is 56.6 Å². The molecule has 3 rings (SSSR count). The Labute approximate surface area is 215 Å². The van der Waals surface area contributed by atoms with Crippen molar-refractivity contribution < 1.29 is 13.2 Å². The number of hydrogen-bond acceptors (Lipinski definition) is 4. The Balaban J connectivity index is 1.68. The molecule has 0 aliphatic rings. The van der Waals surface area contributed by atoms with Crippen molar-refractivity contribution in [1.29, 1.82) is 0 Å². The molecule has 0 saturated heterocycles. The summed E-state index contributed by atoms with van der Waals surface area (Å²) in [5, 5.41) is 3.37. The molecule has 9 heteroatoms. The second kappa shape index (κ2) is 12.0. The van der Waals surface area contributed by atoms with Gasteiger partial charge >= 0.3 is 0 Å². The van der Waals surface area contributed by atoms with Crippen LogP contribution >= 0.6 is 35.0 Å². The predicted molar refractivity (Wildman–Crippen MR) is 142 cm³/mol. The van der Waals surface area contributed by atoms with Gasteiger partial charge in [-0.3, -0.25) is 9.10 Å². The van der Waals surface area contributed by atoms with Crippen LogP contribution in [-0.4, -0.2) is 33.2 Å². The van der Waals surface area contributed by atoms with Crippen LogP contribution in [0.4, 0.5) is 5.69 Å². The van der Waals surface area contributed by atoms with Crippen LogP contribution in [0.15, 0.2) is 76.5 Å². The zero-order valence-corrected chi connectivity index (χ0v) is 22.1. The highest BCUT2D eigenvalue weighted by atomic mass is 35.5. The summed E-state index contributed by atoms with van der Waals surface area (Å²) in [5.74, 6) is 0.422. The summed E-state index contributed by atoms with van der Waals surface area (Å²) in [6.45, 7) is 3.96. The molecule has 0 bridgehead atoms. The molecule has 1 amide bonds. The number of sulfonamides is 1. The van der Waals surface area contributed by atoms with E-state index in [1.807, 2.05) is 13.8 Å². The van der Waals surface area contributed by atoms with Crippen LogP contribution in [0.25, 0.3) is 0 Å². The lowest BCUT2D eigenvalue weighted by atomic mass is 10.2. The van der Waals surface area contributed by atoms with E-state index in [1.54, 1.807) is 23.9 Å². The van der Waals surface area contributed by atoms with Crippen LogP contribution in [0.2, 0.25) is 10.0 Å². The SMILES string of the molecule is Cc1ccc(SCCCNC(=O)CN(c2cc(Cl)cc(Cl)c2)S(=O)(=O)c2ccc(C)cc2)cc1. The van der Waals surface area contributed by atoms with Crippen molar-refractivity contribution in [3.05, 3.63) is 87.9 Å². The Hall–Kier alpha value is -2.19. The van der Waals surface area contributed by atoms with E-state index in [-0.39, 0.29) is 20.6 Å². The van der Waals surface area contributed by atoms with Gasteiger partial charge in [-0.05, 0) is 68.5 Å². The standard InChI is InChI=1S/C25H26Cl2N2O3S2/c1-18-4-8-23(9-5-18)33-13-3-12-28-25(30)17-29(22-15-20(26)14-21(27)16-22)34(31,32)24-10-6-19(2)7-11-24/h4-11,14-16H,3,12-13,17H2,1-2H3,(H,28,30). The lowest BCUT2D eigenvalue weighted by molar-refractivity contribution is -0.119. The maximum absolute atomic E-state index is 13.4. The number of amides is 1. The first-order chi connectivity index (χ1) is 16.1. The fourth-order valence-electron chi connectivity index (χ4n) is 3.15. The second-order valence-electron chi connectivity index (χ2n) is 7.82. The molecule has 1 N–H and O–H groups in total. The number of anilines is 1. The maximum Gasteiger partial charge on any atom is 0.264 e. The zero-order chi connectivity index (χ0) is 24.7. The molecule has 0 saturated carbocycles. The maximum atomic E-state index is 13.4. The molecule has 180 valence electrons. The quantitative estimate of drug-likeness (QED) is 0.251. The van der Waals surface area contributed by atoms with Gasteiger partial charge in [-0.15, -0.1) is 11.8 Å². The van der Waals surface area contributed by atoms with E-state index in [2.05, 4.69) is 29.6 Å². The second-order valence-corrected chi connectivity index (χ2v) is 11.7. The number of halogens is 2. The van der Waals surface area contributed by atoms with E-state index >= 15 is 0 Å². The highest BCUT2D eigenvalue weighted by molar-refractivity contribution is 7.99. The van der Waals surface area contributed by atoms with Gasteiger partial charge in [0.25, 0.3) is 10.0 Å². The average molecular weight is 538 g/mol. The number of carbonyl (C=O) groups excluding carboxylic acids is 1. The fraction of sp³-hybridized carbons (Fsp3) is 0.240. The summed E-state index contributed by atoms with van der Waals surface area (Å²) in [7, 11) is -4.02. The number of carbonyl (C=O) groups is 1. The molecule has 0 spiro atoms. The van der Waals surface area contributed by atoms with Crippen LogP contribution in [0, 0.1) is 13.8 Å². The number of nitrogens with zero attached hydrogens (tertiary/aromatic N) is 1. The summed E-state index contributed by atoms with van der Waals surface area (Å²) in [6, 6.07) is 19.2. The van der Waals surface area contributed by atoms with Crippen molar-refractivity contribution in [3.63, 3.8) is 0 Å². The number of benzene rings is 3. The van der Waals surface area contributed by atoms with E-state index in [9.17, 15) is 13.2 Å². The third kappa shape index (κ3) is 7.40. The highest BCUT2D eigenvalue weighted by Crippen LogP contribution is 2.29. The summed E-state index contributed by atoms with van der Waals surface area (Å²) in [6.07, 6.45) is 0.748. The Morgan fingerprint density at radius 1 is 0.912 bits per heavy atom. The lowest BCUT2D eigenvalue weighted by Gasteiger charge is -2.24. The molecule has 0 aromatic heterocycles. The Morgan fingerprint density at radius 3 is 2.06 bits per heavy atom. The molecular formula is C25H26Cl2N2O3S2. The highest BCUT2D eigenvalue weighted by Gasteiger charge is 2.27. The van der Waals surface area contributed by atoms with Gasteiger partial charge < -0.3 is 5.32 Å². The molecule has 34 heavy (non-hydrogen) atoms. The van der Waals surface area contributed by atoms with Crippen LogP contribution in [-0.2, 0) is 14.8 Å². The minimum Gasteiger partial charge on any atom is -0.354 e. The molecule has 0 fully saturated rings. The van der Waals surface area contributed by atoms with Crippen molar-refractivity contribution in [2.75, 3.05) is 23.1 Å². The van der Waals surface area contributed by atoms with E-state index < -0.39 is 22.5 Å². The summed E-state index contributed by atoms with van der Waals surface area (Å²) >= 11 is 13.9. The first-order valence-corrected chi connectivity index (χ1v) is 13.8. The topological polar surface area (TPSA) is 66.5 Å². The number of aryl methyl sites for hydroxylation is 2. The van der Waals surface area contributed by atoms with Crippen LogP contribution in [0.5, 0.6) is 0 Å². The van der Waals surface area contributed by atoms with Crippen molar-refractivity contribution in [2.24, 2.45) is 0 Å². The van der Waals surface area contributed by atoms with E-state index in [1.165, 1.54) is 40.8 Å². The van der Waals surface area contributed by atoms with E-state index in [0.29, 0.717) is 6.54 Å². The van der Waals surface area contributed by atoms with Crippen LogP contribution in [0.3, 0.4) is 0 Å². The average Bonchev–Trinajstić information content (AvgIpc) is 2.78. The molecule has 0 aliphatic heterocycles. The number of thioether (sulfide) groups is 1. The van der Waals surface area contributed by atoms with Crippen molar-refractivity contribution in [3.8, 4) is 0 Å². The first-order valence-electron chi connectivity index (χ1n) is 10.7. The minimum atomic E-state index is -4.02. The third-order valence-corrected chi connectivity index (χ3v) is 8.29. The molecule has 0 radical (unpaired) electrons. The molecule has 3 aromatic carbocycles. The Bertz CT molecular complexity index is 1210. The van der Waals surface area contributed by atoms with Gasteiger partial charge in [-0.1, -0.05) is 58.6 Å². The van der Waals surface area contributed by atoms with Gasteiger partial charge in [-0.25, -0.2) is 8.42 Å². The normalized spacial score (nSPS) is 11.3. The zero-order valence-electron chi connectivity index (χ0n) is 18.9. The van der Waals surface area contributed by atoms with Gasteiger partial charge in [0.2, 0.25) is 5.91 Å².